The number of thioether (sulfide) groups is 2. The van der Waals surface area contributed by atoms with Gasteiger partial charge in [-0.05, 0) is 45.5 Å². The van der Waals surface area contributed by atoms with Gasteiger partial charge in [0.25, 0.3) is 5.66 Å². The predicted molar refractivity (Wildman–Crippen MR) is 78.4 cm³/mol. The topological polar surface area (TPSA) is 17.1 Å². The van der Waals surface area contributed by atoms with Crippen LogP contribution in [0.15, 0.2) is 23.1 Å². The average Bonchev–Trinajstić information content (AvgIpc) is 2.24. The van der Waals surface area contributed by atoms with E-state index in [1.165, 1.54) is 30.8 Å². The third-order valence-electron chi connectivity index (χ3n) is 1.97. The van der Waals surface area contributed by atoms with Gasteiger partial charge < -0.3 is 0 Å². The molecule has 2 atom stereocenters. The van der Waals surface area contributed by atoms with Gasteiger partial charge in [-0.3, -0.25) is 4.79 Å². The summed E-state index contributed by atoms with van der Waals surface area (Å²) in [6.45, 7) is 0. The molecule has 0 aliphatic rings. The molecule has 0 saturated heterocycles. The Kier molecular flexibility index (Phi) is 5.71. The Hall–Kier alpha value is 0.170. The minimum absolute atomic E-state index is 0.0242. The molecular weight excluding hydrogens is 338 g/mol. The van der Waals surface area contributed by atoms with Crippen LogP contribution in [0.25, 0.3) is 0 Å². The molecule has 0 aliphatic heterocycles. The smallest absolute Gasteiger partial charge is 0.282 e. The summed E-state index contributed by atoms with van der Waals surface area (Å²) in [7, 11) is 2.63. The summed E-state index contributed by atoms with van der Waals surface area (Å²) in [6.07, 6.45) is 1.49. The Bertz CT molecular complexity index is 485. The highest BCUT2D eigenvalue weighted by Gasteiger charge is 2.29. The van der Waals surface area contributed by atoms with E-state index >= 15 is 0 Å². The van der Waals surface area contributed by atoms with Gasteiger partial charge in [0.05, 0.1) is 0 Å². The van der Waals surface area contributed by atoms with E-state index < -0.39 is 21.3 Å². The molecule has 0 amide bonds. The fourth-order valence-electron chi connectivity index (χ4n) is 1.24. The largest absolute Gasteiger partial charge is 0.308 e. The van der Waals surface area contributed by atoms with Crippen molar-refractivity contribution >= 4 is 47.1 Å². The molecule has 1 aromatic carbocycles. The summed E-state index contributed by atoms with van der Waals surface area (Å²) in [6, 6.07) is 3.14. The number of carbonyl (C=O) groups is 1. The van der Waals surface area contributed by atoms with Crippen LogP contribution in [-0.2, 0) is 5.66 Å². The number of alkyl halides is 4. The van der Waals surface area contributed by atoms with E-state index in [9.17, 15) is 22.4 Å². The average molecular weight is 348 g/mol. The van der Waals surface area contributed by atoms with Crippen LogP contribution in [0.5, 0.6) is 0 Å². The van der Waals surface area contributed by atoms with Crippen LogP contribution in [0.2, 0.25) is 0 Å². The van der Waals surface area contributed by atoms with Gasteiger partial charge in [0.15, 0.2) is 0 Å². The van der Waals surface area contributed by atoms with Gasteiger partial charge >= 0.3 is 5.00 Å². The van der Waals surface area contributed by atoms with Crippen molar-refractivity contribution in [2.24, 2.45) is 0 Å². The number of carbonyl (C=O) groups excluding carboxylic acids is 1. The zero-order valence-electron chi connectivity index (χ0n) is 9.62. The van der Waals surface area contributed by atoms with Crippen molar-refractivity contribution in [3.8, 4) is 0 Å². The third-order valence-corrected chi connectivity index (χ3v) is 4.00. The Morgan fingerprint density at radius 3 is 2.16 bits per heavy atom. The number of hydrogen-bond acceptors (Lipinski definition) is 3. The summed E-state index contributed by atoms with van der Waals surface area (Å²) >= 11 is 0.930. The molecule has 0 aromatic heterocycles. The molecule has 0 radical (unpaired) electrons. The molecule has 1 aromatic rings. The van der Waals surface area contributed by atoms with Crippen LogP contribution in [0.1, 0.15) is 15.9 Å². The molecule has 0 heterocycles. The molecule has 1 nitrogen and oxygen atoms in total. The first-order valence-electron chi connectivity index (χ1n) is 4.79. The molecular formula is C10H10F4OP2S2. The summed E-state index contributed by atoms with van der Waals surface area (Å²) in [5, 5.41) is -0.454. The van der Waals surface area contributed by atoms with Crippen molar-refractivity contribution < 1.29 is 22.4 Å². The van der Waals surface area contributed by atoms with Crippen molar-refractivity contribution in [1.29, 1.82) is 0 Å². The fraction of sp³-hybridized carbons (Fsp3) is 0.300. The quantitative estimate of drug-likeness (QED) is 0.449. The van der Waals surface area contributed by atoms with Crippen LogP contribution in [-0.4, -0.2) is 16.4 Å². The number of halogens is 4. The van der Waals surface area contributed by atoms with Crippen LogP contribution in [0.3, 0.4) is 0 Å². The standard InChI is InChI=1S/C10H10F4OP2S2/c1-18-8(15)5-2-6(9(11,12)16)4-7(3-5)19-10(13,14)17/h2-4H,16-17H2,1H3. The number of hydrogen-bond donors (Lipinski definition) is 0. The molecule has 19 heavy (non-hydrogen) atoms. The molecule has 0 spiro atoms. The minimum atomic E-state index is -3.28. The van der Waals surface area contributed by atoms with E-state index in [1.807, 2.05) is 0 Å². The molecule has 0 saturated carbocycles. The van der Waals surface area contributed by atoms with E-state index in [-0.39, 0.29) is 22.2 Å². The van der Waals surface area contributed by atoms with Gasteiger partial charge in [-0.1, -0.05) is 21.0 Å². The minimum Gasteiger partial charge on any atom is -0.282 e. The number of rotatable bonds is 4. The highest BCUT2D eigenvalue weighted by atomic mass is 32.2. The van der Waals surface area contributed by atoms with E-state index in [0.717, 1.165) is 23.9 Å². The highest BCUT2D eigenvalue weighted by molar-refractivity contribution is 8.13. The van der Waals surface area contributed by atoms with E-state index in [1.54, 1.807) is 0 Å². The van der Waals surface area contributed by atoms with Crippen molar-refractivity contribution in [3.63, 3.8) is 0 Å². The van der Waals surface area contributed by atoms with Crippen molar-refractivity contribution in [2.45, 2.75) is 15.6 Å². The van der Waals surface area contributed by atoms with Crippen molar-refractivity contribution in [3.05, 3.63) is 29.3 Å². The Morgan fingerprint density at radius 2 is 1.74 bits per heavy atom. The van der Waals surface area contributed by atoms with Crippen molar-refractivity contribution in [1.82, 2.24) is 0 Å². The van der Waals surface area contributed by atoms with E-state index in [0.29, 0.717) is 0 Å². The molecule has 1 rings (SSSR count). The second-order valence-corrected chi connectivity index (χ2v) is 7.39. The van der Waals surface area contributed by atoms with Gasteiger partial charge in [-0.15, -0.1) is 0 Å². The normalized spacial score (nSPS) is 12.6. The zero-order valence-corrected chi connectivity index (χ0v) is 13.6. The lowest BCUT2D eigenvalue weighted by Crippen LogP contribution is -2.06. The van der Waals surface area contributed by atoms with Gasteiger partial charge in [0.1, 0.15) is 0 Å². The maximum atomic E-state index is 13.3. The molecule has 2 unspecified atom stereocenters. The molecule has 9 heteroatoms. The highest BCUT2D eigenvalue weighted by Crippen LogP contribution is 2.44. The van der Waals surface area contributed by atoms with Crippen LogP contribution in [0, 0.1) is 0 Å². The van der Waals surface area contributed by atoms with Gasteiger partial charge in [-0.2, -0.15) is 17.6 Å². The lowest BCUT2D eigenvalue weighted by Gasteiger charge is -2.15. The van der Waals surface area contributed by atoms with Gasteiger partial charge in [0.2, 0.25) is 5.12 Å². The molecule has 0 fully saturated rings. The monoisotopic (exact) mass is 348 g/mol. The second kappa shape index (κ2) is 6.30. The van der Waals surface area contributed by atoms with Crippen LogP contribution >= 0.6 is 42.0 Å². The molecule has 0 bridgehead atoms. The maximum absolute atomic E-state index is 13.3. The van der Waals surface area contributed by atoms with Crippen LogP contribution < -0.4 is 0 Å². The second-order valence-electron chi connectivity index (χ2n) is 3.52. The van der Waals surface area contributed by atoms with Crippen LogP contribution in [0.4, 0.5) is 17.6 Å². The van der Waals surface area contributed by atoms with E-state index in [4.69, 9.17) is 0 Å². The predicted octanol–water partition coefficient (Wildman–Crippen LogP) is 4.63. The first-order chi connectivity index (χ1) is 8.53. The summed E-state index contributed by atoms with van der Waals surface area (Å²) in [4.78, 5) is 8.25. The molecule has 106 valence electrons. The summed E-state index contributed by atoms with van der Waals surface area (Å²) in [5.74, 6) is 0. The summed E-state index contributed by atoms with van der Waals surface area (Å²) < 4.78 is 52.3. The molecule has 0 N–H and O–H groups in total. The van der Waals surface area contributed by atoms with Crippen molar-refractivity contribution in [2.75, 3.05) is 6.26 Å². The zero-order chi connectivity index (χ0) is 14.8. The number of benzene rings is 1. The Morgan fingerprint density at radius 1 is 1.16 bits per heavy atom. The third kappa shape index (κ3) is 5.58. The first-order valence-corrected chi connectivity index (χ1v) is 7.99. The lowest BCUT2D eigenvalue weighted by atomic mass is 10.1. The summed E-state index contributed by atoms with van der Waals surface area (Å²) in [5.41, 5.74) is -3.79. The van der Waals surface area contributed by atoms with Gasteiger partial charge in [-0.25, -0.2) is 0 Å². The lowest BCUT2D eigenvalue weighted by molar-refractivity contribution is 0.103. The van der Waals surface area contributed by atoms with Gasteiger partial charge in [0, 0.05) is 16.0 Å². The molecule has 0 aliphatic carbocycles. The first kappa shape index (κ1) is 17.2. The SMILES string of the molecule is CSC(=O)c1cc(SC(F)(F)P)cc(C(F)(F)P)c1. The maximum Gasteiger partial charge on any atom is 0.308 e. The van der Waals surface area contributed by atoms with E-state index in [2.05, 4.69) is 0 Å². The fourth-order valence-corrected chi connectivity index (χ4v) is 2.86. The Labute approximate surface area is 121 Å². The Balaban J connectivity index is 3.28.